The highest BCUT2D eigenvalue weighted by molar-refractivity contribution is 5.87. The Morgan fingerprint density at radius 1 is 1.10 bits per heavy atom. The molecule has 1 aliphatic heterocycles. The Hall–Kier alpha value is -1.26. The normalized spacial score (nSPS) is 16.0. The number of nitrogens with zero attached hydrogens (tertiary/aromatic N) is 1. The maximum atomic E-state index is 10.7. The van der Waals surface area contributed by atoms with E-state index >= 15 is 0 Å². The average Bonchev–Trinajstić information content (AvgIpc) is 2.68. The topological polar surface area (TPSA) is 49.8 Å². The van der Waals surface area contributed by atoms with E-state index in [2.05, 4.69) is 4.90 Å². The second-order valence-corrected chi connectivity index (χ2v) is 4.93. The van der Waals surface area contributed by atoms with E-state index in [1.54, 1.807) is 24.3 Å². The minimum absolute atomic E-state index is 0. The van der Waals surface area contributed by atoms with Gasteiger partial charge in [-0.25, -0.2) is 4.79 Å². The molecule has 0 bridgehead atoms. The number of rotatable bonds is 5. The third-order valence-electron chi connectivity index (χ3n) is 3.48. The number of ether oxygens (including phenoxy) is 1. The number of halogens is 1. The summed E-state index contributed by atoms with van der Waals surface area (Å²) in [5.41, 5.74) is 0.292. The SMILES string of the molecule is Cl.O=C(O)c1ccc(OCCN2CCCCCC2)cc1. The van der Waals surface area contributed by atoms with E-state index in [0.717, 1.165) is 12.3 Å². The summed E-state index contributed by atoms with van der Waals surface area (Å²) in [6.45, 7) is 3.94. The van der Waals surface area contributed by atoms with E-state index in [1.807, 2.05) is 0 Å². The molecule has 0 radical (unpaired) electrons. The average molecular weight is 300 g/mol. The van der Waals surface area contributed by atoms with Gasteiger partial charge in [0, 0.05) is 6.54 Å². The molecule has 0 saturated carbocycles. The first kappa shape index (κ1) is 16.8. The Labute approximate surface area is 126 Å². The van der Waals surface area contributed by atoms with Crippen molar-refractivity contribution in [2.45, 2.75) is 25.7 Å². The predicted octanol–water partition coefficient (Wildman–Crippen LogP) is 3.06. The zero-order chi connectivity index (χ0) is 13.5. The largest absolute Gasteiger partial charge is 0.492 e. The van der Waals surface area contributed by atoms with Crippen molar-refractivity contribution in [2.75, 3.05) is 26.2 Å². The number of carboxylic acids is 1. The molecular formula is C15H22ClNO3. The van der Waals surface area contributed by atoms with Crippen LogP contribution in [0.1, 0.15) is 36.0 Å². The van der Waals surface area contributed by atoms with Gasteiger partial charge in [0.25, 0.3) is 0 Å². The van der Waals surface area contributed by atoms with E-state index in [9.17, 15) is 4.79 Å². The fraction of sp³-hybridized carbons (Fsp3) is 0.533. The molecular weight excluding hydrogens is 278 g/mol. The van der Waals surface area contributed by atoms with Crippen LogP contribution in [0.3, 0.4) is 0 Å². The Morgan fingerprint density at radius 3 is 2.25 bits per heavy atom. The molecule has 1 aromatic rings. The fourth-order valence-electron chi connectivity index (χ4n) is 2.35. The molecule has 2 rings (SSSR count). The van der Waals surface area contributed by atoms with Gasteiger partial charge in [-0.1, -0.05) is 12.8 Å². The van der Waals surface area contributed by atoms with Gasteiger partial charge in [-0.05, 0) is 50.2 Å². The molecule has 1 fully saturated rings. The molecule has 0 atom stereocenters. The van der Waals surface area contributed by atoms with Gasteiger partial charge in [0.2, 0.25) is 0 Å². The van der Waals surface area contributed by atoms with E-state index in [-0.39, 0.29) is 12.4 Å². The van der Waals surface area contributed by atoms with E-state index in [1.165, 1.54) is 38.8 Å². The number of benzene rings is 1. The lowest BCUT2D eigenvalue weighted by Gasteiger charge is -2.19. The van der Waals surface area contributed by atoms with E-state index in [0.29, 0.717) is 12.2 Å². The summed E-state index contributed by atoms with van der Waals surface area (Å²) in [6.07, 6.45) is 5.25. The van der Waals surface area contributed by atoms with Crippen molar-refractivity contribution in [1.29, 1.82) is 0 Å². The Kier molecular flexibility index (Phi) is 7.41. The smallest absolute Gasteiger partial charge is 0.335 e. The quantitative estimate of drug-likeness (QED) is 0.908. The van der Waals surface area contributed by atoms with Crippen molar-refractivity contribution in [3.8, 4) is 5.75 Å². The highest BCUT2D eigenvalue weighted by Gasteiger charge is 2.08. The first-order valence-electron chi connectivity index (χ1n) is 6.94. The van der Waals surface area contributed by atoms with Gasteiger partial charge in [-0.2, -0.15) is 0 Å². The lowest BCUT2D eigenvalue weighted by molar-refractivity contribution is 0.0697. The minimum atomic E-state index is -0.906. The molecule has 1 N–H and O–H groups in total. The molecule has 1 heterocycles. The molecule has 0 spiro atoms. The summed E-state index contributed by atoms with van der Waals surface area (Å²) in [5, 5.41) is 8.80. The van der Waals surface area contributed by atoms with Gasteiger partial charge in [0.05, 0.1) is 5.56 Å². The molecule has 5 heteroatoms. The Morgan fingerprint density at radius 2 is 1.70 bits per heavy atom. The summed E-state index contributed by atoms with van der Waals surface area (Å²) in [5.74, 6) is -0.170. The van der Waals surface area contributed by atoms with Gasteiger partial charge in [0.1, 0.15) is 12.4 Å². The van der Waals surface area contributed by atoms with Crippen LogP contribution in [0, 0.1) is 0 Å². The van der Waals surface area contributed by atoms with Crippen molar-refractivity contribution in [3.05, 3.63) is 29.8 Å². The zero-order valence-corrected chi connectivity index (χ0v) is 12.4. The van der Waals surface area contributed by atoms with Crippen LogP contribution in [0.15, 0.2) is 24.3 Å². The monoisotopic (exact) mass is 299 g/mol. The summed E-state index contributed by atoms with van der Waals surface area (Å²) in [6, 6.07) is 6.57. The van der Waals surface area contributed by atoms with Gasteiger partial charge in [-0.15, -0.1) is 12.4 Å². The lowest BCUT2D eigenvalue weighted by atomic mass is 10.2. The number of hydrogen-bond acceptors (Lipinski definition) is 3. The lowest BCUT2D eigenvalue weighted by Crippen LogP contribution is -2.29. The second-order valence-electron chi connectivity index (χ2n) is 4.93. The Balaban J connectivity index is 0.00000200. The summed E-state index contributed by atoms with van der Waals surface area (Å²) < 4.78 is 5.65. The number of hydrogen-bond donors (Lipinski definition) is 1. The third-order valence-corrected chi connectivity index (χ3v) is 3.48. The molecule has 0 aliphatic carbocycles. The molecule has 0 amide bonds. The maximum absolute atomic E-state index is 10.7. The second kappa shape index (κ2) is 8.82. The third kappa shape index (κ3) is 5.39. The summed E-state index contributed by atoms with van der Waals surface area (Å²) in [7, 11) is 0. The van der Waals surface area contributed by atoms with Gasteiger partial charge in [-0.3, -0.25) is 4.90 Å². The maximum Gasteiger partial charge on any atom is 0.335 e. The van der Waals surface area contributed by atoms with Crippen molar-refractivity contribution in [1.82, 2.24) is 4.90 Å². The van der Waals surface area contributed by atoms with Crippen LogP contribution in [0.25, 0.3) is 0 Å². The van der Waals surface area contributed by atoms with Gasteiger partial charge >= 0.3 is 5.97 Å². The minimum Gasteiger partial charge on any atom is -0.492 e. The van der Waals surface area contributed by atoms with Crippen LogP contribution in [-0.2, 0) is 0 Å². The van der Waals surface area contributed by atoms with Crippen molar-refractivity contribution in [3.63, 3.8) is 0 Å². The fourth-order valence-corrected chi connectivity index (χ4v) is 2.35. The standard InChI is InChI=1S/C15H21NO3.ClH/c17-15(18)13-5-7-14(8-6-13)19-12-11-16-9-3-1-2-4-10-16;/h5-8H,1-4,9-12H2,(H,17,18);1H. The predicted molar refractivity (Wildman–Crippen MR) is 81.1 cm³/mol. The molecule has 1 aromatic carbocycles. The Bertz CT molecular complexity index is 400. The first-order chi connectivity index (χ1) is 9.25. The van der Waals surface area contributed by atoms with E-state index < -0.39 is 5.97 Å². The number of likely N-dealkylation sites (tertiary alicyclic amines) is 1. The number of carbonyl (C=O) groups is 1. The molecule has 1 saturated heterocycles. The van der Waals surface area contributed by atoms with Crippen LogP contribution in [-0.4, -0.2) is 42.2 Å². The molecule has 0 unspecified atom stereocenters. The zero-order valence-electron chi connectivity index (χ0n) is 11.6. The van der Waals surface area contributed by atoms with E-state index in [4.69, 9.17) is 9.84 Å². The van der Waals surface area contributed by atoms with Gasteiger partial charge in [0.15, 0.2) is 0 Å². The van der Waals surface area contributed by atoms with Gasteiger partial charge < -0.3 is 9.84 Å². The van der Waals surface area contributed by atoms with Crippen LogP contribution < -0.4 is 4.74 Å². The first-order valence-corrected chi connectivity index (χ1v) is 6.94. The number of aromatic carboxylic acids is 1. The summed E-state index contributed by atoms with van der Waals surface area (Å²) >= 11 is 0. The van der Waals surface area contributed by atoms with Crippen molar-refractivity contribution < 1.29 is 14.6 Å². The molecule has 20 heavy (non-hydrogen) atoms. The van der Waals surface area contributed by atoms with Crippen molar-refractivity contribution >= 4 is 18.4 Å². The van der Waals surface area contributed by atoms with Crippen LogP contribution >= 0.6 is 12.4 Å². The molecule has 0 aromatic heterocycles. The highest BCUT2D eigenvalue weighted by Crippen LogP contribution is 2.13. The number of carboxylic acid groups (broad SMARTS) is 1. The van der Waals surface area contributed by atoms with Crippen LogP contribution in [0.2, 0.25) is 0 Å². The van der Waals surface area contributed by atoms with Crippen molar-refractivity contribution in [2.24, 2.45) is 0 Å². The van der Waals surface area contributed by atoms with Crippen LogP contribution in [0.4, 0.5) is 0 Å². The summed E-state index contributed by atoms with van der Waals surface area (Å²) in [4.78, 5) is 13.2. The molecule has 1 aliphatic rings. The highest BCUT2D eigenvalue weighted by atomic mass is 35.5. The molecule has 112 valence electrons. The van der Waals surface area contributed by atoms with Crippen LogP contribution in [0.5, 0.6) is 5.75 Å². The molecule has 4 nitrogen and oxygen atoms in total.